The van der Waals surface area contributed by atoms with Gasteiger partial charge in [0.15, 0.2) is 0 Å². The maximum Gasteiger partial charge on any atom is 0.228 e. The predicted molar refractivity (Wildman–Crippen MR) is 84.4 cm³/mol. The Hall–Kier alpha value is -1.62. The molecule has 3 rings (SSSR count). The number of nitrogens with zero attached hydrogens (tertiary/aromatic N) is 3. The molecule has 0 spiro atoms. The van der Waals surface area contributed by atoms with Crippen LogP contribution < -0.4 is 0 Å². The number of rotatable bonds is 3. The van der Waals surface area contributed by atoms with E-state index in [0.717, 1.165) is 30.0 Å². The predicted octanol–water partition coefficient (Wildman–Crippen LogP) is 3.00. The molecule has 0 saturated carbocycles. The molecule has 1 amide bonds. The van der Waals surface area contributed by atoms with Crippen molar-refractivity contribution >= 4 is 17.2 Å². The Morgan fingerprint density at radius 3 is 2.90 bits per heavy atom. The van der Waals surface area contributed by atoms with Gasteiger partial charge in [-0.3, -0.25) is 9.48 Å². The fourth-order valence-corrected chi connectivity index (χ4v) is 4.00. The van der Waals surface area contributed by atoms with E-state index in [9.17, 15) is 4.79 Å². The first-order chi connectivity index (χ1) is 10.1. The molecule has 1 fully saturated rings. The third-order valence-corrected chi connectivity index (χ3v) is 5.25. The number of hydrogen-bond acceptors (Lipinski definition) is 3. The molecule has 21 heavy (non-hydrogen) atoms. The van der Waals surface area contributed by atoms with Crippen LogP contribution in [-0.2, 0) is 18.3 Å². The quantitative estimate of drug-likeness (QED) is 0.874. The second kappa shape index (κ2) is 5.64. The van der Waals surface area contributed by atoms with E-state index in [-0.39, 0.29) is 11.9 Å². The highest BCUT2D eigenvalue weighted by Crippen LogP contribution is 2.35. The summed E-state index contributed by atoms with van der Waals surface area (Å²) < 4.78 is 1.92. The van der Waals surface area contributed by atoms with Crippen LogP contribution in [0.4, 0.5) is 0 Å². The summed E-state index contributed by atoms with van der Waals surface area (Å²) in [5, 5.41) is 6.53. The van der Waals surface area contributed by atoms with Crippen molar-refractivity contribution in [1.29, 1.82) is 0 Å². The summed E-state index contributed by atoms with van der Waals surface area (Å²) in [6.45, 7) is 5.00. The average molecular weight is 303 g/mol. The number of carbonyl (C=O) groups excluding carboxylic acids is 1. The van der Waals surface area contributed by atoms with Crippen LogP contribution >= 0.6 is 11.3 Å². The Bertz CT molecular complexity index is 645. The number of aryl methyl sites for hydroxylation is 2. The summed E-state index contributed by atoms with van der Waals surface area (Å²) in [7, 11) is 1.97. The lowest BCUT2D eigenvalue weighted by Gasteiger charge is -2.25. The molecule has 1 unspecified atom stereocenters. The smallest absolute Gasteiger partial charge is 0.228 e. The van der Waals surface area contributed by atoms with Gasteiger partial charge >= 0.3 is 0 Å². The van der Waals surface area contributed by atoms with Gasteiger partial charge in [-0.05, 0) is 38.1 Å². The first-order valence-electron chi connectivity index (χ1n) is 7.40. The highest BCUT2D eigenvalue weighted by molar-refractivity contribution is 7.10. The number of amides is 1. The highest BCUT2D eigenvalue weighted by atomic mass is 32.1. The molecule has 5 heteroatoms. The molecular weight excluding hydrogens is 282 g/mol. The summed E-state index contributed by atoms with van der Waals surface area (Å²) in [6.07, 6.45) is 2.64. The van der Waals surface area contributed by atoms with Crippen LogP contribution in [0.5, 0.6) is 0 Å². The molecule has 0 N–H and O–H groups in total. The van der Waals surface area contributed by atoms with Crippen LogP contribution in [0.15, 0.2) is 17.5 Å². The van der Waals surface area contributed by atoms with Gasteiger partial charge in [0.2, 0.25) is 5.91 Å². The van der Waals surface area contributed by atoms with Crippen molar-refractivity contribution in [2.75, 3.05) is 6.54 Å². The van der Waals surface area contributed by atoms with E-state index in [2.05, 4.69) is 16.9 Å². The van der Waals surface area contributed by atoms with Crippen LogP contribution in [0.25, 0.3) is 0 Å². The summed E-state index contributed by atoms with van der Waals surface area (Å²) in [6, 6.07) is 4.24. The fraction of sp³-hybridized carbons (Fsp3) is 0.500. The second-order valence-corrected chi connectivity index (χ2v) is 6.74. The SMILES string of the molecule is Cc1nn(C)c(C)c1C1CCCN1C(=O)Cc1cccs1. The molecule has 0 bridgehead atoms. The molecule has 112 valence electrons. The van der Waals surface area contributed by atoms with E-state index in [1.54, 1.807) is 11.3 Å². The number of thiophene rings is 1. The maximum atomic E-state index is 12.6. The summed E-state index contributed by atoms with van der Waals surface area (Å²) in [5.41, 5.74) is 3.47. The van der Waals surface area contributed by atoms with Crippen molar-refractivity contribution in [2.24, 2.45) is 7.05 Å². The second-order valence-electron chi connectivity index (χ2n) is 5.71. The highest BCUT2D eigenvalue weighted by Gasteiger charge is 2.33. The van der Waals surface area contributed by atoms with Crippen molar-refractivity contribution in [1.82, 2.24) is 14.7 Å². The Labute approximate surface area is 129 Å². The monoisotopic (exact) mass is 303 g/mol. The Morgan fingerprint density at radius 1 is 1.48 bits per heavy atom. The van der Waals surface area contributed by atoms with Crippen LogP contribution in [0.2, 0.25) is 0 Å². The molecule has 2 aromatic rings. The Kier molecular flexibility index (Phi) is 3.85. The lowest BCUT2D eigenvalue weighted by molar-refractivity contribution is -0.131. The minimum Gasteiger partial charge on any atom is -0.335 e. The number of hydrogen-bond donors (Lipinski definition) is 0. The Morgan fingerprint density at radius 2 is 2.29 bits per heavy atom. The van der Waals surface area contributed by atoms with E-state index in [1.165, 1.54) is 11.3 Å². The van der Waals surface area contributed by atoms with Gasteiger partial charge in [0.1, 0.15) is 0 Å². The molecule has 4 nitrogen and oxygen atoms in total. The molecule has 0 aromatic carbocycles. The van der Waals surface area contributed by atoms with Gasteiger partial charge < -0.3 is 4.90 Å². The molecule has 0 aliphatic carbocycles. The van der Waals surface area contributed by atoms with Gasteiger partial charge in [-0.1, -0.05) is 6.07 Å². The van der Waals surface area contributed by atoms with Crippen molar-refractivity contribution in [3.05, 3.63) is 39.3 Å². The van der Waals surface area contributed by atoms with E-state index in [0.29, 0.717) is 6.42 Å². The van der Waals surface area contributed by atoms with Crippen molar-refractivity contribution < 1.29 is 4.79 Å². The van der Waals surface area contributed by atoms with Gasteiger partial charge in [-0.25, -0.2) is 0 Å². The summed E-state index contributed by atoms with van der Waals surface area (Å²) >= 11 is 1.65. The minimum absolute atomic E-state index is 0.200. The maximum absolute atomic E-state index is 12.6. The molecule has 1 atom stereocenters. The topological polar surface area (TPSA) is 38.1 Å². The largest absolute Gasteiger partial charge is 0.335 e. The lowest BCUT2D eigenvalue weighted by atomic mass is 10.0. The molecule has 3 heterocycles. The zero-order chi connectivity index (χ0) is 15.0. The molecular formula is C16H21N3OS. The van der Waals surface area contributed by atoms with Crippen molar-refractivity contribution in [3.8, 4) is 0 Å². The standard InChI is InChI=1S/C16H21N3OS/c1-11-16(12(2)18(3)17-11)14-7-4-8-19(14)15(20)10-13-6-5-9-21-13/h5-6,9,14H,4,7-8,10H2,1-3H3. The molecule has 1 aliphatic heterocycles. The minimum atomic E-state index is 0.200. The van der Waals surface area contributed by atoms with Crippen LogP contribution in [0.3, 0.4) is 0 Å². The molecule has 2 aromatic heterocycles. The first-order valence-corrected chi connectivity index (χ1v) is 8.28. The molecule has 1 aliphatic rings. The number of likely N-dealkylation sites (tertiary alicyclic amines) is 1. The van der Waals surface area contributed by atoms with Gasteiger partial charge in [-0.2, -0.15) is 5.10 Å². The zero-order valence-corrected chi connectivity index (χ0v) is 13.6. The van der Waals surface area contributed by atoms with Crippen LogP contribution in [0.1, 0.15) is 40.7 Å². The third-order valence-electron chi connectivity index (χ3n) is 4.38. The molecule has 0 radical (unpaired) electrons. The summed E-state index contributed by atoms with van der Waals surface area (Å²) in [4.78, 5) is 15.8. The number of carbonyl (C=O) groups is 1. The van der Waals surface area contributed by atoms with E-state index >= 15 is 0 Å². The average Bonchev–Trinajstić information content (AvgIpc) is 3.13. The normalized spacial score (nSPS) is 18.4. The van der Waals surface area contributed by atoms with Gasteiger partial charge in [0.25, 0.3) is 0 Å². The van der Waals surface area contributed by atoms with Gasteiger partial charge in [0.05, 0.1) is 18.2 Å². The first kappa shape index (κ1) is 14.3. The fourth-order valence-electron chi connectivity index (χ4n) is 3.30. The van der Waals surface area contributed by atoms with E-state index < -0.39 is 0 Å². The van der Waals surface area contributed by atoms with Crippen molar-refractivity contribution in [3.63, 3.8) is 0 Å². The van der Waals surface area contributed by atoms with Gasteiger partial charge in [-0.15, -0.1) is 11.3 Å². The number of aromatic nitrogens is 2. The van der Waals surface area contributed by atoms with Crippen LogP contribution in [0, 0.1) is 13.8 Å². The van der Waals surface area contributed by atoms with Gasteiger partial charge in [0, 0.05) is 29.7 Å². The van der Waals surface area contributed by atoms with E-state index in [4.69, 9.17) is 0 Å². The zero-order valence-electron chi connectivity index (χ0n) is 12.8. The van der Waals surface area contributed by atoms with Crippen LogP contribution in [-0.4, -0.2) is 27.1 Å². The lowest BCUT2D eigenvalue weighted by Crippen LogP contribution is -2.32. The Balaban J connectivity index is 1.83. The summed E-state index contributed by atoms with van der Waals surface area (Å²) in [5.74, 6) is 0.239. The third kappa shape index (κ3) is 2.62. The molecule has 1 saturated heterocycles. The van der Waals surface area contributed by atoms with Crippen molar-refractivity contribution in [2.45, 2.75) is 39.2 Å². The van der Waals surface area contributed by atoms with E-state index in [1.807, 2.05) is 36.2 Å².